The first-order chi connectivity index (χ1) is 9.88. The van der Waals surface area contributed by atoms with Gasteiger partial charge in [0.25, 0.3) is 0 Å². The summed E-state index contributed by atoms with van der Waals surface area (Å²) in [4.78, 5) is 11.7. The summed E-state index contributed by atoms with van der Waals surface area (Å²) in [5, 5.41) is 11.8. The molecule has 0 saturated carbocycles. The van der Waals surface area contributed by atoms with Crippen molar-refractivity contribution in [3.63, 3.8) is 0 Å². The van der Waals surface area contributed by atoms with E-state index in [2.05, 4.69) is 5.32 Å². The predicted octanol–water partition coefficient (Wildman–Crippen LogP) is 3.17. The van der Waals surface area contributed by atoms with Crippen molar-refractivity contribution < 1.29 is 27.8 Å². The first-order valence-corrected chi connectivity index (χ1v) is 6.52. The third-order valence-electron chi connectivity index (χ3n) is 2.58. The monoisotopic (exact) mass is 320 g/mol. The number of aromatic hydroxyl groups is 1. The molecular formula is C14H19F3N2O3. The summed E-state index contributed by atoms with van der Waals surface area (Å²) in [6.07, 6.45) is -5.96. The number of nitrogens with one attached hydrogen (secondary N) is 1. The summed E-state index contributed by atoms with van der Waals surface area (Å²) < 4.78 is 42.7. The van der Waals surface area contributed by atoms with E-state index in [0.717, 1.165) is 6.07 Å². The van der Waals surface area contributed by atoms with Crippen molar-refractivity contribution in [3.05, 3.63) is 23.8 Å². The Bertz CT molecular complexity index is 539. The highest BCUT2D eigenvalue weighted by molar-refractivity contribution is 5.86. The normalized spacial score (nSPS) is 13.6. The molecule has 0 spiro atoms. The highest BCUT2D eigenvalue weighted by atomic mass is 19.4. The van der Waals surface area contributed by atoms with Crippen LogP contribution >= 0.6 is 0 Å². The van der Waals surface area contributed by atoms with Crippen molar-refractivity contribution in [2.45, 2.75) is 45.0 Å². The van der Waals surface area contributed by atoms with Gasteiger partial charge in [-0.25, -0.2) is 4.79 Å². The second kappa shape index (κ2) is 6.43. The average Bonchev–Trinajstić information content (AvgIpc) is 2.29. The number of halogens is 3. The Hall–Kier alpha value is -1.96. The van der Waals surface area contributed by atoms with E-state index < -0.39 is 30.3 Å². The van der Waals surface area contributed by atoms with Gasteiger partial charge in [-0.2, -0.15) is 13.2 Å². The molecule has 0 aliphatic heterocycles. The third kappa shape index (κ3) is 5.80. The molecule has 1 aromatic rings. The summed E-state index contributed by atoms with van der Waals surface area (Å²) in [6, 6.07) is 1.55. The van der Waals surface area contributed by atoms with Crippen molar-refractivity contribution in [1.82, 2.24) is 0 Å². The van der Waals surface area contributed by atoms with E-state index in [1.165, 1.54) is 12.1 Å². The van der Waals surface area contributed by atoms with Gasteiger partial charge < -0.3 is 15.6 Å². The lowest BCUT2D eigenvalue weighted by Gasteiger charge is -2.21. The molecule has 1 rings (SSSR count). The van der Waals surface area contributed by atoms with E-state index in [4.69, 9.17) is 10.5 Å². The van der Waals surface area contributed by atoms with E-state index in [1.54, 1.807) is 20.8 Å². The van der Waals surface area contributed by atoms with Gasteiger partial charge in [-0.15, -0.1) is 0 Å². The fourth-order valence-corrected chi connectivity index (χ4v) is 1.64. The van der Waals surface area contributed by atoms with Crippen LogP contribution in [0, 0.1) is 0 Å². The Balaban J connectivity index is 2.94. The number of phenolic OH excluding ortho intramolecular Hbond substituents is 1. The van der Waals surface area contributed by atoms with E-state index >= 15 is 0 Å². The molecule has 0 bridgehead atoms. The SMILES string of the molecule is CC(C)(C)OC(=O)Nc1ccc(O)cc1CC(N)C(F)(F)F. The highest BCUT2D eigenvalue weighted by Gasteiger charge is 2.37. The maximum absolute atomic E-state index is 12.6. The molecule has 0 fully saturated rings. The molecule has 22 heavy (non-hydrogen) atoms. The van der Waals surface area contributed by atoms with Crippen molar-refractivity contribution >= 4 is 11.8 Å². The summed E-state index contributed by atoms with van der Waals surface area (Å²) in [5.41, 5.74) is 4.51. The summed E-state index contributed by atoms with van der Waals surface area (Å²) in [7, 11) is 0. The molecule has 124 valence electrons. The minimum absolute atomic E-state index is 0.0654. The van der Waals surface area contributed by atoms with E-state index in [-0.39, 0.29) is 17.0 Å². The Morgan fingerprint density at radius 1 is 1.36 bits per heavy atom. The molecular weight excluding hydrogens is 301 g/mol. The molecule has 5 nitrogen and oxygen atoms in total. The Labute approximate surface area is 126 Å². The van der Waals surface area contributed by atoms with Crippen LogP contribution in [0.25, 0.3) is 0 Å². The maximum Gasteiger partial charge on any atom is 0.412 e. The van der Waals surface area contributed by atoms with Gasteiger partial charge in [0.15, 0.2) is 0 Å². The number of carbonyl (C=O) groups excluding carboxylic acids is 1. The number of rotatable bonds is 3. The van der Waals surface area contributed by atoms with Crippen molar-refractivity contribution in [3.8, 4) is 5.75 Å². The summed E-state index contributed by atoms with van der Waals surface area (Å²) in [6.45, 7) is 4.97. The molecule has 0 heterocycles. The predicted molar refractivity (Wildman–Crippen MR) is 75.7 cm³/mol. The number of carbonyl (C=O) groups is 1. The second-order valence-electron chi connectivity index (χ2n) is 5.82. The van der Waals surface area contributed by atoms with Gasteiger partial charge in [-0.3, -0.25) is 5.32 Å². The minimum Gasteiger partial charge on any atom is -0.508 e. The van der Waals surface area contributed by atoms with Crippen LogP contribution in [0.1, 0.15) is 26.3 Å². The fourth-order valence-electron chi connectivity index (χ4n) is 1.64. The van der Waals surface area contributed by atoms with Gasteiger partial charge >= 0.3 is 12.3 Å². The smallest absolute Gasteiger partial charge is 0.412 e. The number of hydrogen-bond donors (Lipinski definition) is 3. The van der Waals surface area contributed by atoms with Crippen LogP contribution in [0.3, 0.4) is 0 Å². The number of hydrogen-bond acceptors (Lipinski definition) is 4. The van der Waals surface area contributed by atoms with Gasteiger partial charge in [0.1, 0.15) is 17.4 Å². The standard InChI is InChI=1S/C14H19F3N2O3/c1-13(2,3)22-12(21)19-10-5-4-9(20)6-8(10)7-11(18)14(15,16)17/h4-6,11,20H,7,18H2,1-3H3,(H,19,21). The average molecular weight is 320 g/mol. The lowest BCUT2D eigenvalue weighted by molar-refractivity contribution is -0.147. The number of alkyl halides is 3. The molecule has 0 radical (unpaired) electrons. The molecule has 8 heteroatoms. The lowest BCUT2D eigenvalue weighted by Crippen LogP contribution is -2.39. The third-order valence-corrected chi connectivity index (χ3v) is 2.58. The molecule has 0 aliphatic rings. The topological polar surface area (TPSA) is 84.6 Å². The zero-order valence-electron chi connectivity index (χ0n) is 12.5. The fraction of sp³-hybridized carbons (Fsp3) is 0.500. The maximum atomic E-state index is 12.6. The van der Waals surface area contributed by atoms with Crippen LogP contribution in [-0.4, -0.2) is 29.0 Å². The number of amides is 1. The van der Waals surface area contributed by atoms with Crippen molar-refractivity contribution in [1.29, 1.82) is 0 Å². The second-order valence-corrected chi connectivity index (χ2v) is 5.82. The van der Waals surface area contributed by atoms with Crippen LogP contribution in [0.15, 0.2) is 18.2 Å². The van der Waals surface area contributed by atoms with E-state index in [1.807, 2.05) is 0 Å². The number of phenols is 1. The van der Waals surface area contributed by atoms with Crippen molar-refractivity contribution in [2.24, 2.45) is 5.73 Å². The number of ether oxygens (including phenoxy) is 1. The lowest BCUT2D eigenvalue weighted by atomic mass is 10.0. The molecule has 0 aliphatic carbocycles. The molecule has 0 aromatic heterocycles. The Morgan fingerprint density at radius 3 is 2.45 bits per heavy atom. The van der Waals surface area contributed by atoms with Crippen LogP contribution in [0.4, 0.5) is 23.7 Å². The van der Waals surface area contributed by atoms with Gasteiger partial charge in [-0.05, 0) is 51.0 Å². The van der Waals surface area contributed by atoms with Gasteiger partial charge in [0, 0.05) is 5.69 Å². The summed E-state index contributed by atoms with van der Waals surface area (Å²) >= 11 is 0. The van der Waals surface area contributed by atoms with E-state index in [0.29, 0.717) is 0 Å². The highest BCUT2D eigenvalue weighted by Crippen LogP contribution is 2.27. The molecule has 1 unspecified atom stereocenters. The van der Waals surface area contributed by atoms with Gasteiger partial charge in [0.2, 0.25) is 0 Å². The quantitative estimate of drug-likeness (QED) is 0.747. The molecule has 1 aromatic carbocycles. The number of nitrogens with two attached hydrogens (primary N) is 1. The largest absolute Gasteiger partial charge is 0.508 e. The minimum atomic E-state index is -4.57. The van der Waals surface area contributed by atoms with Crippen molar-refractivity contribution in [2.75, 3.05) is 5.32 Å². The molecule has 1 atom stereocenters. The van der Waals surface area contributed by atoms with Crippen LogP contribution in [-0.2, 0) is 11.2 Å². The van der Waals surface area contributed by atoms with Crippen LogP contribution < -0.4 is 11.1 Å². The number of anilines is 1. The molecule has 0 saturated heterocycles. The first kappa shape index (κ1) is 18.1. The van der Waals surface area contributed by atoms with Crippen LogP contribution in [0.5, 0.6) is 5.75 Å². The zero-order valence-corrected chi connectivity index (χ0v) is 12.5. The van der Waals surface area contributed by atoms with Crippen LogP contribution in [0.2, 0.25) is 0 Å². The molecule has 4 N–H and O–H groups in total. The summed E-state index contributed by atoms with van der Waals surface area (Å²) in [5.74, 6) is -0.223. The van der Waals surface area contributed by atoms with Gasteiger partial charge in [-0.1, -0.05) is 0 Å². The first-order valence-electron chi connectivity index (χ1n) is 6.52. The zero-order chi connectivity index (χ0) is 17.1. The number of benzene rings is 1. The molecule has 1 amide bonds. The van der Waals surface area contributed by atoms with E-state index in [9.17, 15) is 23.1 Å². The Morgan fingerprint density at radius 2 is 1.95 bits per heavy atom. The van der Waals surface area contributed by atoms with Gasteiger partial charge in [0.05, 0.1) is 0 Å². The Kier molecular flexibility index (Phi) is 5.29.